The number of halogens is 1. The molecule has 1 aliphatic heterocycles. The fourth-order valence-electron chi connectivity index (χ4n) is 4.35. The zero-order chi connectivity index (χ0) is 28.9. The summed E-state index contributed by atoms with van der Waals surface area (Å²) in [5.74, 6) is 0.805. The molecule has 210 valence electrons. The summed E-state index contributed by atoms with van der Waals surface area (Å²) in [5.41, 5.74) is 3.17. The van der Waals surface area contributed by atoms with Crippen molar-refractivity contribution in [1.29, 1.82) is 0 Å². The molecule has 0 bridgehead atoms. The minimum Gasteiger partial charge on any atom is -0.494 e. The molecule has 0 spiro atoms. The first kappa shape index (κ1) is 29.2. The van der Waals surface area contributed by atoms with Crippen LogP contribution in [0, 0.1) is 0 Å². The van der Waals surface area contributed by atoms with Crippen molar-refractivity contribution in [3.8, 4) is 11.5 Å². The monoisotopic (exact) mass is 560 g/mol. The fraction of sp³-hybridized carbons (Fsp3) is 0.333. The number of nitrogens with zero attached hydrogens (tertiary/aromatic N) is 1. The molecule has 3 aromatic rings. The van der Waals surface area contributed by atoms with Crippen LogP contribution in [-0.2, 0) is 15.0 Å². The molecule has 0 aliphatic carbocycles. The van der Waals surface area contributed by atoms with E-state index in [1.165, 1.54) is 4.90 Å². The number of hydrogen-bond donors (Lipinski definition) is 1. The molecule has 4 rings (SSSR count). The average Bonchev–Trinajstić information content (AvgIpc) is 2.92. The Labute approximate surface area is 241 Å². The largest absolute Gasteiger partial charge is 0.494 e. The molecule has 0 aromatic heterocycles. The number of rotatable bonds is 9. The quantitative estimate of drug-likeness (QED) is 0.218. The second-order valence-corrected chi connectivity index (χ2v) is 11.5. The van der Waals surface area contributed by atoms with Gasteiger partial charge in [0.25, 0.3) is 5.91 Å². The van der Waals surface area contributed by atoms with Gasteiger partial charge in [-0.1, -0.05) is 76.0 Å². The molecule has 0 saturated carbocycles. The molecule has 1 aliphatic rings. The molecule has 0 radical (unpaired) electrons. The minimum absolute atomic E-state index is 0.137. The second kappa shape index (κ2) is 12.6. The summed E-state index contributed by atoms with van der Waals surface area (Å²) in [6.07, 6.45) is 3.75. The van der Waals surface area contributed by atoms with Gasteiger partial charge in [0, 0.05) is 5.02 Å². The Morgan fingerprint density at radius 1 is 1.07 bits per heavy atom. The molecule has 6 nitrogen and oxygen atoms in total. The first-order valence-electron chi connectivity index (χ1n) is 13.7. The first-order chi connectivity index (χ1) is 19.0. The molecule has 3 aromatic carbocycles. The van der Waals surface area contributed by atoms with Crippen molar-refractivity contribution in [3.05, 3.63) is 94.2 Å². The molecule has 1 heterocycles. The maximum atomic E-state index is 13.7. The number of unbranched alkanes of at least 4 members (excludes halogenated alkanes) is 1. The topological polar surface area (TPSA) is 67.9 Å². The number of hydrogen-bond acceptors (Lipinski definition) is 4. The zero-order valence-electron chi connectivity index (χ0n) is 23.8. The number of carbonyl (C=O) groups is 2. The summed E-state index contributed by atoms with van der Waals surface area (Å²) in [5, 5.41) is 3.63. The van der Waals surface area contributed by atoms with Gasteiger partial charge in [-0.15, -0.1) is 0 Å². The van der Waals surface area contributed by atoms with Gasteiger partial charge in [-0.05, 0) is 77.9 Å². The van der Waals surface area contributed by atoms with Crippen molar-refractivity contribution < 1.29 is 19.1 Å². The number of benzene rings is 3. The van der Waals surface area contributed by atoms with Crippen molar-refractivity contribution in [2.45, 2.75) is 58.9 Å². The lowest BCUT2D eigenvalue weighted by atomic mass is 9.86. The summed E-state index contributed by atoms with van der Waals surface area (Å²) in [6.45, 7) is 10.9. The number of amides is 2. The lowest BCUT2D eigenvalue weighted by molar-refractivity contribution is -0.123. The lowest BCUT2D eigenvalue weighted by Crippen LogP contribution is -2.44. The summed E-state index contributed by atoms with van der Waals surface area (Å²) < 4.78 is 11.8. The van der Waals surface area contributed by atoms with E-state index in [4.69, 9.17) is 21.1 Å². The van der Waals surface area contributed by atoms with Crippen LogP contribution >= 0.6 is 11.6 Å². The predicted octanol–water partition coefficient (Wildman–Crippen LogP) is 7.46. The molecule has 1 unspecified atom stereocenters. The molecule has 7 heteroatoms. The fourth-order valence-corrected chi connectivity index (χ4v) is 4.47. The first-order valence-corrected chi connectivity index (χ1v) is 14.1. The van der Waals surface area contributed by atoms with Crippen LogP contribution in [0.1, 0.15) is 70.2 Å². The van der Waals surface area contributed by atoms with E-state index in [-0.39, 0.29) is 35.6 Å². The van der Waals surface area contributed by atoms with Crippen LogP contribution in [0.2, 0.25) is 5.02 Å². The summed E-state index contributed by atoms with van der Waals surface area (Å²) in [7, 11) is 0. The van der Waals surface area contributed by atoms with E-state index in [1.54, 1.807) is 18.2 Å². The Hall–Kier alpha value is -3.77. The van der Waals surface area contributed by atoms with Crippen molar-refractivity contribution in [2.24, 2.45) is 0 Å². The van der Waals surface area contributed by atoms with E-state index < -0.39 is 0 Å². The van der Waals surface area contributed by atoms with Gasteiger partial charge in [0.05, 0.1) is 18.3 Å². The smallest absolute Gasteiger partial charge is 0.294 e. The summed E-state index contributed by atoms with van der Waals surface area (Å²) in [4.78, 5) is 28.4. The van der Waals surface area contributed by atoms with Gasteiger partial charge in [-0.25, -0.2) is 0 Å². The predicted molar refractivity (Wildman–Crippen MR) is 161 cm³/mol. The van der Waals surface area contributed by atoms with Crippen molar-refractivity contribution in [1.82, 2.24) is 5.32 Å². The molecule has 0 saturated heterocycles. The standard InChI is InChI=1S/C33H37ClN2O4/c1-6-7-18-39-27-15-10-24(11-16-27)22(2)35-31(37)21-36-28-20-25(33(3,4)5)12-17-29(28)40-30(32(36)38)19-23-8-13-26(34)14-9-23/h8-17,19-20,22H,6-7,18,21H2,1-5H3,(H,35,37)/b30-19+. The van der Waals surface area contributed by atoms with Gasteiger partial charge in [0.2, 0.25) is 5.91 Å². The van der Waals surface area contributed by atoms with Crippen LogP contribution in [0.25, 0.3) is 6.08 Å². The number of carbonyl (C=O) groups excluding carboxylic acids is 2. The van der Waals surface area contributed by atoms with Crippen LogP contribution in [0.15, 0.2) is 72.5 Å². The molecule has 0 fully saturated rings. The zero-order valence-corrected chi connectivity index (χ0v) is 24.5. The van der Waals surface area contributed by atoms with Gasteiger partial charge in [0.15, 0.2) is 11.5 Å². The van der Waals surface area contributed by atoms with Crippen molar-refractivity contribution >= 4 is 35.2 Å². The minimum atomic E-state index is -0.384. The third-order valence-corrected chi connectivity index (χ3v) is 7.04. The number of ether oxygens (including phenoxy) is 2. The lowest BCUT2D eigenvalue weighted by Gasteiger charge is -2.32. The Kier molecular flexibility index (Phi) is 9.21. The van der Waals surface area contributed by atoms with Crippen LogP contribution in [0.3, 0.4) is 0 Å². The third-order valence-electron chi connectivity index (χ3n) is 6.79. The summed E-state index contributed by atoms with van der Waals surface area (Å²) in [6, 6.07) is 20.4. The van der Waals surface area contributed by atoms with Crippen molar-refractivity contribution in [2.75, 3.05) is 18.1 Å². The van der Waals surface area contributed by atoms with E-state index in [0.29, 0.717) is 23.1 Å². The van der Waals surface area contributed by atoms with E-state index >= 15 is 0 Å². The van der Waals surface area contributed by atoms with Gasteiger partial charge < -0.3 is 14.8 Å². The third kappa shape index (κ3) is 7.24. The Balaban J connectivity index is 1.55. The van der Waals surface area contributed by atoms with E-state index in [2.05, 4.69) is 33.0 Å². The highest BCUT2D eigenvalue weighted by atomic mass is 35.5. The maximum Gasteiger partial charge on any atom is 0.294 e. The molecule has 40 heavy (non-hydrogen) atoms. The van der Waals surface area contributed by atoms with E-state index in [1.807, 2.05) is 61.5 Å². The Bertz CT molecular complexity index is 1380. The van der Waals surface area contributed by atoms with Crippen LogP contribution < -0.4 is 19.7 Å². The van der Waals surface area contributed by atoms with Gasteiger partial charge in [0.1, 0.15) is 12.3 Å². The molecule has 1 atom stereocenters. The second-order valence-electron chi connectivity index (χ2n) is 11.0. The molecular weight excluding hydrogens is 524 g/mol. The highest BCUT2D eigenvalue weighted by Gasteiger charge is 2.33. The van der Waals surface area contributed by atoms with Gasteiger partial charge >= 0.3 is 0 Å². The average molecular weight is 561 g/mol. The summed E-state index contributed by atoms with van der Waals surface area (Å²) >= 11 is 6.02. The van der Waals surface area contributed by atoms with Crippen LogP contribution in [-0.4, -0.2) is 25.0 Å². The molecule has 1 N–H and O–H groups in total. The maximum absolute atomic E-state index is 13.7. The van der Waals surface area contributed by atoms with Crippen molar-refractivity contribution in [3.63, 3.8) is 0 Å². The van der Waals surface area contributed by atoms with Gasteiger partial charge in [-0.2, -0.15) is 0 Å². The number of anilines is 1. The molecular formula is C33H37ClN2O4. The number of fused-ring (bicyclic) bond motifs is 1. The van der Waals surface area contributed by atoms with E-state index in [9.17, 15) is 9.59 Å². The highest BCUT2D eigenvalue weighted by molar-refractivity contribution is 6.30. The van der Waals surface area contributed by atoms with Gasteiger partial charge in [-0.3, -0.25) is 14.5 Å². The highest BCUT2D eigenvalue weighted by Crippen LogP contribution is 2.39. The Morgan fingerprint density at radius 2 is 1.77 bits per heavy atom. The number of nitrogens with one attached hydrogen (secondary N) is 1. The van der Waals surface area contributed by atoms with E-state index in [0.717, 1.165) is 35.3 Å². The molecule has 2 amide bonds. The van der Waals surface area contributed by atoms with Crippen LogP contribution in [0.5, 0.6) is 11.5 Å². The SMILES string of the molecule is CCCCOc1ccc(C(C)NC(=O)CN2C(=O)/C(=C\c3ccc(Cl)cc3)Oc3ccc(C(C)(C)C)cc32)cc1. The van der Waals surface area contributed by atoms with Crippen LogP contribution in [0.4, 0.5) is 5.69 Å². The normalized spacial score (nSPS) is 14.9. The Morgan fingerprint density at radius 3 is 2.42 bits per heavy atom.